The highest BCUT2D eigenvalue weighted by molar-refractivity contribution is 5.97. The molecule has 2 aliphatic heterocycles. The molecule has 0 aliphatic carbocycles. The van der Waals surface area contributed by atoms with Gasteiger partial charge in [-0.2, -0.15) is 28.2 Å². The summed E-state index contributed by atoms with van der Waals surface area (Å²) in [6.45, 7) is 1.66. The molecule has 32 heavy (non-hydrogen) atoms. The molecule has 0 N–H and O–H groups in total. The first-order chi connectivity index (χ1) is 15.4. The standard InChI is InChI=1S/C22H21F3N6O/c23-22(24,25)16-5-8-26-20(13-16)30-12-7-15-6-11-29(14-19(15)30)21(32)17-3-1-2-4-18(17)31-27-9-10-28-31/h1-5,8-10,13,15,19H,6-7,11-12,14H2/t15-,19-/m0/s1. The molecule has 0 unspecified atom stereocenters. The van der Waals surface area contributed by atoms with Crippen LogP contribution in [0.3, 0.4) is 0 Å². The van der Waals surface area contributed by atoms with Gasteiger partial charge in [-0.25, -0.2) is 4.98 Å². The topological polar surface area (TPSA) is 67.2 Å². The summed E-state index contributed by atoms with van der Waals surface area (Å²) < 4.78 is 39.6. The maximum absolute atomic E-state index is 13.4. The van der Waals surface area contributed by atoms with E-state index in [2.05, 4.69) is 15.2 Å². The molecule has 2 aromatic heterocycles. The first kappa shape index (κ1) is 20.5. The lowest BCUT2D eigenvalue weighted by atomic mass is 9.91. The zero-order valence-corrected chi connectivity index (χ0v) is 17.1. The van der Waals surface area contributed by atoms with Crippen LogP contribution in [0.1, 0.15) is 28.8 Å². The Morgan fingerprint density at radius 3 is 2.53 bits per heavy atom. The number of hydrogen-bond acceptors (Lipinski definition) is 5. The number of aromatic nitrogens is 4. The van der Waals surface area contributed by atoms with E-state index in [0.29, 0.717) is 42.6 Å². The molecular weight excluding hydrogens is 421 g/mol. The molecule has 1 amide bonds. The Morgan fingerprint density at radius 2 is 1.75 bits per heavy atom. The van der Waals surface area contributed by atoms with Crippen LogP contribution in [0.25, 0.3) is 5.69 Å². The lowest BCUT2D eigenvalue weighted by Gasteiger charge is -2.39. The second kappa shape index (κ2) is 7.92. The molecule has 3 aromatic rings. The fraction of sp³-hybridized carbons (Fsp3) is 0.364. The second-order valence-corrected chi connectivity index (χ2v) is 8.09. The quantitative estimate of drug-likeness (QED) is 0.622. The van der Waals surface area contributed by atoms with Gasteiger partial charge in [0.2, 0.25) is 0 Å². The summed E-state index contributed by atoms with van der Waals surface area (Å²) in [6.07, 6.45) is 1.54. The molecular formula is C22H21F3N6O. The Balaban J connectivity index is 1.40. The van der Waals surface area contributed by atoms with Crippen molar-refractivity contribution in [1.82, 2.24) is 24.9 Å². The van der Waals surface area contributed by atoms with E-state index in [4.69, 9.17) is 0 Å². The molecule has 166 valence electrons. The Bertz CT molecular complexity index is 1120. The van der Waals surface area contributed by atoms with Gasteiger partial charge in [-0.3, -0.25) is 4.79 Å². The Morgan fingerprint density at radius 1 is 1.00 bits per heavy atom. The lowest BCUT2D eigenvalue weighted by Crippen LogP contribution is -2.50. The molecule has 0 spiro atoms. The number of carbonyl (C=O) groups excluding carboxylic acids is 1. The zero-order chi connectivity index (χ0) is 22.3. The van der Waals surface area contributed by atoms with E-state index < -0.39 is 11.7 Å². The Labute approximate surface area is 182 Å². The minimum atomic E-state index is -4.42. The first-order valence-electron chi connectivity index (χ1n) is 10.5. The maximum Gasteiger partial charge on any atom is 0.416 e. The van der Waals surface area contributed by atoms with Gasteiger partial charge < -0.3 is 9.80 Å². The number of fused-ring (bicyclic) bond motifs is 1. The van der Waals surface area contributed by atoms with E-state index in [-0.39, 0.29) is 11.9 Å². The van der Waals surface area contributed by atoms with Crippen LogP contribution < -0.4 is 4.90 Å². The van der Waals surface area contributed by atoms with Gasteiger partial charge in [0.15, 0.2) is 0 Å². The van der Waals surface area contributed by atoms with Gasteiger partial charge in [-0.05, 0) is 43.0 Å². The van der Waals surface area contributed by atoms with Gasteiger partial charge in [0.05, 0.1) is 35.2 Å². The molecule has 2 fully saturated rings. The number of nitrogens with zero attached hydrogens (tertiary/aromatic N) is 6. The fourth-order valence-corrected chi connectivity index (χ4v) is 4.70. The molecule has 2 atom stereocenters. The second-order valence-electron chi connectivity index (χ2n) is 8.09. The summed E-state index contributed by atoms with van der Waals surface area (Å²) in [7, 11) is 0. The minimum absolute atomic E-state index is 0.0707. The van der Waals surface area contributed by atoms with Crippen molar-refractivity contribution in [3.8, 4) is 5.69 Å². The number of rotatable bonds is 3. The van der Waals surface area contributed by atoms with Crippen LogP contribution in [0.2, 0.25) is 0 Å². The minimum Gasteiger partial charge on any atom is -0.352 e. The summed E-state index contributed by atoms with van der Waals surface area (Å²) in [4.78, 5) is 22.7. The summed E-state index contributed by atoms with van der Waals surface area (Å²) in [5, 5.41) is 8.27. The van der Waals surface area contributed by atoms with E-state index in [9.17, 15) is 18.0 Å². The van der Waals surface area contributed by atoms with Crippen molar-refractivity contribution in [2.45, 2.75) is 25.1 Å². The highest BCUT2D eigenvalue weighted by atomic mass is 19.4. The van der Waals surface area contributed by atoms with Gasteiger partial charge in [-0.15, -0.1) is 0 Å². The average molecular weight is 442 g/mol. The summed E-state index contributed by atoms with van der Waals surface area (Å²) in [5.74, 6) is 0.487. The Hall–Kier alpha value is -3.43. The van der Waals surface area contributed by atoms with Crippen molar-refractivity contribution < 1.29 is 18.0 Å². The van der Waals surface area contributed by atoms with E-state index in [0.717, 1.165) is 25.0 Å². The van der Waals surface area contributed by atoms with Crippen molar-refractivity contribution in [3.63, 3.8) is 0 Å². The summed E-state index contributed by atoms with van der Waals surface area (Å²) >= 11 is 0. The predicted octanol–water partition coefficient (Wildman–Crippen LogP) is 3.42. The number of alkyl halides is 3. The number of anilines is 1. The SMILES string of the molecule is O=C(c1ccccc1-n1nccn1)N1CC[C@H]2CCN(c3cc(C(F)(F)F)ccn3)[C@H]2C1. The van der Waals surface area contributed by atoms with Crippen molar-refractivity contribution in [1.29, 1.82) is 0 Å². The zero-order valence-electron chi connectivity index (χ0n) is 17.1. The highest BCUT2D eigenvalue weighted by Crippen LogP contribution is 2.37. The molecule has 0 saturated carbocycles. The number of amides is 1. The van der Waals surface area contributed by atoms with Crippen LogP contribution in [0.15, 0.2) is 55.0 Å². The number of likely N-dealkylation sites (tertiary alicyclic amines) is 1. The number of benzene rings is 1. The lowest BCUT2D eigenvalue weighted by molar-refractivity contribution is -0.137. The monoisotopic (exact) mass is 442 g/mol. The van der Waals surface area contributed by atoms with E-state index in [1.807, 2.05) is 11.0 Å². The molecule has 0 bridgehead atoms. The highest BCUT2D eigenvalue weighted by Gasteiger charge is 2.41. The number of para-hydroxylation sites is 1. The van der Waals surface area contributed by atoms with E-state index in [1.165, 1.54) is 11.0 Å². The van der Waals surface area contributed by atoms with Gasteiger partial charge >= 0.3 is 6.18 Å². The van der Waals surface area contributed by atoms with Crippen molar-refractivity contribution in [2.24, 2.45) is 5.92 Å². The normalized spacial score (nSPS) is 21.0. The van der Waals surface area contributed by atoms with Crippen LogP contribution >= 0.6 is 0 Å². The number of pyridine rings is 1. The fourth-order valence-electron chi connectivity index (χ4n) is 4.70. The van der Waals surface area contributed by atoms with Crippen molar-refractivity contribution in [3.05, 3.63) is 66.1 Å². The van der Waals surface area contributed by atoms with Crippen LogP contribution in [0, 0.1) is 5.92 Å². The van der Waals surface area contributed by atoms with E-state index in [1.54, 1.807) is 35.5 Å². The van der Waals surface area contributed by atoms with Crippen LogP contribution in [-0.4, -0.2) is 56.5 Å². The molecule has 2 saturated heterocycles. The van der Waals surface area contributed by atoms with Gasteiger partial charge in [0.25, 0.3) is 5.91 Å². The maximum atomic E-state index is 13.4. The first-order valence-corrected chi connectivity index (χ1v) is 10.5. The van der Waals surface area contributed by atoms with Crippen LogP contribution in [-0.2, 0) is 6.18 Å². The largest absolute Gasteiger partial charge is 0.416 e. The molecule has 0 radical (unpaired) electrons. The smallest absolute Gasteiger partial charge is 0.352 e. The number of piperidine rings is 1. The molecule has 2 aliphatic rings. The number of hydrogen-bond donors (Lipinski definition) is 0. The average Bonchev–Trinajstić information content (AvgIpc) is 3.48. The van der Waals surface area contributed by atoms with Crippen LogP contribution in [0.4, 0.5) is 19.0 Å². The third kappa shape index (κ3) is 3.69. The number of halogens is 3. The number of carbonyl (C=O) groups is 1. The summed E-state index contributed by atoms with van der Waals surface area (Å²) in [5.41, 5.74) is 0.367. The summed E-state index contributed by atoms with van der Waals surface area (Å²) in [6, 6.07) is 9.15. The molecule has 5 rings (SSSR count). The van der Waals surface area contributed by atoms with Gasteiger partial charge in [-0.1, -0.05) is 12.1 Å². The van der Waals surface area contributed by atoms with E-state index >= 15 is 0 Å². The molecule has 1 aromatic carbocycles. The van der Waals surface area contributed by atoms with Crippen LogP contribution in [0.5, 0.6) is 0 Å². The predicted molar refractivity (Wildman–Crippen MR) is 110 cm³/mol. The van der Waals surface area contributed by atoms with Crippen molar-refractivity contribution >= 4 is 11.7 Å². The molecule has 4 heterocycles. The third-order valence-corrected chi connectivity index (χ3v) is 6.29. The van der Waals surface area contributed by atoms with Gasteiger partial charge in [0.1, 0.15) is 5.82 Å². The van der Waals surface area contributed by atoms with Gasteiger partial charge in [0, 0.05) is 25.8 Å². The molecule has 7 nitrogen and oxygen atoms in total. The Kier molecular flexibility index (Phi) is 5.07. The third-order valence-electron chi connectivity index (χ3n) is 6.29. The van der Waals surface area contributed by atoms with Crippen molar-refractivity contribution in [2.75, 3.05) is 24.5 Å². The molecule has 10 heteroatoms.